The van der Waals surface area contributed by atoms with Gasteiger partial charge in [-0.25, -0.2) is 0 Å². The Balaban J connectivity index is 0.817. The average molecular weight is 917 g/mol. The van der Waals surface area contributed by atoms with E-state index < -0.39 is 0 Å². The van der Waals surface area contributed by atoms with Crippen molar-refractivity contribution < 1.29 is 0 Å². The predicted octanol–water partition coefficient (Wildman–Crippen LogP) is 19.4. The Morgan fingerprint density at radius 3 is 1.17 bits per heavy atom. The van der Waals surface area contributed by atoms with Gasteiger partial charge >= 0.3 is 0 Å². The van der Waals surface area contributed by atoms with E-state index in [4.69, 9.17) is 0 Å². The first-order chi connectivity index (χ1) is 35.7. The highest BCUT2D eigenvalue weighted by atomic mass is 15.1. The maximum Gasteiger partial charge on any atom is 0.0541 e. The van der Waals surface area contributed by atoms with Crippen molar-refractivity contribution in [3.8, 4) is 72.4 Å². The number of benzene rings is 12. The molecule has 13 aromatic rings. The summed E-state index contributed by atoms with van der Waals surface area (Å²) in [6.45, 7) is 0. The number of fused-ring (bicyclic) bond motifs is 4. The van der Waals surface area contributed by atoms with Gasteiger partial charge in [0.2, 0.25) is 0 Å². The lowest BCUT2D eigenvalue weighted by atomic mass is 9.97. The zero-order chi connectivity index (χ0) is 47.8. The second kappa shape index (κ2) is 18.4. The van der Waals surface area contributed by atoms with E-state index in [-0.39, 0.29) is 0 Å². The van der Waals surface area contributed by atoms with E-state index in [0.717, 1.165) is 33.9 Å². The molecular formula is C70H48N2. The summed E-state index contributed by atoms with van der Waals surface area (Å²) in [5.74, 6) is 0. The number of hydrogen-bond donors (Lipinski definition) is 0. The lowest BCUT2D eigenvalue weighted by Gasteiger charge is -2.26. The Bertz CT molecular complexity index is 4000. The molecule has 0 unspecified atom stereocenters. The fourth-order valence-corrected chi connectivity index (χ4v) is 10.5. The second-order valence-corrected chi connectivity index (χ2v) is 18.6. The van der Waals surface area contributed by atoms with Crippen molar-refractivity contribution in [3.63, 3.8) is 0 Å². The molecule has 0 saturated carbocycles. The average Bonchev–Trinajstić information content (AvgIpc) is 3.80. The van der Waals surface area contributed by atoms with Crippen molar-refractivity contribution in [2.24, 2.45) is 0 Å². The molecule has 0 radical (unpaired) electrons. The van der Waals surface area contributed by atoms with Crippen LogP contribution in [0.2, 0.25) is 0 Å². The van der Waals surface area contributed by atoms with Gasteiger partial charge in [-0.2, -0.15) is 0 Å². The Morgan fingerprint density at radius 2 is 0.583 bits per heavy atom. The lowest BCUT2D eigenvalue weighted by Crippen LogP contribution is -2.10. The Labute approximate surface area is 420 Å². The van der Waals surface area contributed by atoms with Crippen LogP contribution in [0.15, 0.2) is 291 Å². The second-order valence-electron chi connectivity index (χ2n) is 18.6. The standard InChI is InChI=1S/C70H48N2/c1-2-13-49(14-3-1)51-27-31-54(32-28-51)60-19-11-21-65(47-60)71(64-43-39-56(40-44-64)58-17-10-18-59(45-58)62-36-35-50-15-4-5-16-57(50)46-62)63-41-37-53(38-42-63)52-29-33-55(34-30-52)61-20-12-22-66(48-61)72-69-25-8-6-23-67(69)68-24-7-9-26-70(68)72/h1-48H. The van der Waals surface area contributed by atoms with E-state index in [9.17, 15) is 0 Å². The van der Waals surface area contributed by atoms with Crippen LogP contribution < -0.4 is 4.90 Å². The molecule has 12 aromatic carbocycles. The number of nitrogens with zero attached hydrogens (tertiary/aromatic N) is 2. The summed E-state index contributed by atoms with van der Waals surface area (Å²) in [6.07, 6.45) is 0. The largest absolute Gasteiger partial charge is 0.310 e. The van der Waals surface area contributed by atoms with Crippen molar-refractivity contribution in [1.82, 2.24) is 4.57 Å². The summed E-state index contributed by atoms with van der Waals surface area (Å²) >= 11 is 0. The molecule has 72 heavy (non-hydrogen) atoms. The van der Waals surface area contributed by atoms with Crippen LogP contribution in [-0.2, 0) is 0 Å². The van der Waals surface area contributed by atoms with Crippen LogP contribution in [0.3, 0.4) is 0 Å². The highest BCUT2D eigenvalue weighted by Gasteiger charge is 2.16. The van der Waals surface area contributed by atoms with Crippen LogP contribution in [0.1, 0.15) is 0 Å². The summed E-state index contributed by atoms with van der Waals surface area (Å²) in [7, 11) is 0. The van der Waals surface area contributed by atoms with Crippen LogP contribution in [0.4, 0.5) is 17.1 Å². The van der Waals surface area contributed by atoms with Gasteiger partial charge in [-0.05, 0) is 150 Å². The molecule has 0 atom stereocenters. The molecule has 0 fully saturated rings. The van der Waals surface area contributed by atoms with Crippen molar-refractivity contribution in [2.45, 2.75) is 0 Å². The maximum absolute atomic E-state index is 2.38. The van der Waals surface area contributed by atoms with E-state index in [0.29, 0.717) is 0 Å². The Morgan fingerprint density at radius 1 is 0.208 bits per heavy atom. The fraction of sp³-hybridized carbons (Fsp3) is 0. The zero-order valence-electron chi connectivity index (χ0n) is 39.6. The molecule has 0 aliphatic heterocycles. The van der Waals surface area contributed by atoms with Gasteiger partial charge in [0.1, 0.15) is 0 Å². The van der Waals surface area contributed by atoms with E-state index in [2.05, 4.69) is 301 Å². The van der Waals surface area contributed by atoms with Gasteiger partial charge in [0.25, 0.3) is 0 Å². The van der Waals surface area contributed by atoms with Gasteiger partial charge in [-0.15, -0.1) is 0 Å². The summed E-state index contributed by atoms with van der Waals surface area (Å²) in [5.41, 5.74) is 21.1. The molecule has 2 nitrogen and oxygen atoms in total. The van der Waals surface area contributed by atoms with Crippen LogP contribution >= 0.6 is 0 Å². The third-order valence-corrected chi connectivity index (χ3v) is 14.2. The SMILES string of the molecule is c1ccc(-c2ccc(-c3cccc(N(c4ccc(-c5ccc(-c6cccc(-n7c8ccccc8c8ccccc87)c6)cc5)cc4)c4ccc(-c5cccc(-c6ccc7ccccc7c6)c5)cc4)c3)cc2)cc1. The molecule has 0 spiro atoms. The van der Waals surface area contributed by atoms with Crippen LogP contribution in [0.5, 0.6) is 0 Å². The molecule has 0 amide bonds. The van der Waals surface area contributed by atoms with Gasteiger partial charge in [0.15, 0.2) is 0 Å². The minimum atomic E-state index is 1.08. The van der Waals surface area contributed by atoms with E-state index in [1.165, 1.54) is 88.2 Å². The predicted molar refractivity (Wildman–Crippen MR) is 306 cm³/mol. The van der Waals surface area contributed by atoms with E-state index in [1.807, 2.05) is 0 Å². The van der Waals surface area contributed by atoms with Crippen molar-refractivity contribution in [1.29, 1.82) is 0 Å². The third-order valence-electron chi connectivity index (χ3n) is 14.2. The topological polar surface area (TPSA) is 8.17 Å². The fourth-order valence-electron chi connectivity index (χ4n) is 10.5. The van der Waals surface area contributed by atoms with Crippen LogP contribution in [0, 0.1) is 0 Å². The highest BCUT2D eigenvalue weighted by Crippen LogP contribution is 2.40. The van der Waals surface area contributed by atoms with Gasteiger partial charge in [-0.1, -0.05) is 218 Å². The highest BCUT2D eigenvalue weighted by molar-refractivity contribution is 6.09. The van der Waals surface area contributed by atoms with Crippen molar-refractivity contribution in [3.05, 3.63) is 291 Å². The molecule has 2 heteroatoms. The summed E-state index contributed by atoms with van der Waals surface area (Å²) in [4.78, 5) is 2.37. The van der Waals surface area contributed by atoms with Gasteiger partial charge in [0, 0.05) is 33.5 Å². The minimum absolute atomic E-state index is 1.08. The number of aromatic nitrogens is 1. The molecule has 338 valence electrons. The van der Waals surface area contributed by atoms with Gasteiger partial charge < -0.3 is 9.47 Å². The van der Waals surface area contributed by atoms with Crippen molar-refractivity contribution in [2.75, 3.05) is 4.90 Å². The monoisotopic (exact) mass is 916 g/mol. The maximum atomic E-state index is 2.38. The minimum Gasteiger partial charge on any atom is -0.310 e. The lowest BCUT2D eigenvalue weighted by molar-refractivity contribution is 1.18. The zero-order valence-corrected chi connectivity index (χ0v) is 39.6. The number of anilines is 3. The first-order valence-electron chi connectivity index (χ1n) is 24.7. The molecule has 13 rings (SSSR count). The van der Waals surface area contributed by atoms with Crippen molar-refractivity contribution >= 4 is 49.6 Å². The number of rotatable bonds is 10. The molecule has 0 N–H and O–H groups in total. The Hall–Kier alpha value is -9.50. The van der Waals surface area contributed by atoms with Crippen LogP contribution in [-0.4, -0.2) is 4.57 Å². The molecule has 1 heterocycles. The summed E-state index contributed by atoms with van der Waals surface area (Å²) in [6, 6.07) is 106. The van der Waals surface area contributed by atoms with Crippen LogP contribution in [0.25, 0.3) is 105 Å². The van der Waals surface area contributed by atoms with Gasteiger partial charge in [0.05, 0.1) is 11.0 Å². The molecule has 0 saturated heterocycles. The molecule has 0 aliphatic rings. The normalized spacial score (nSPS) is 11.3. The smallest absolute Gasteiger partial charge is 0.0541 e. The summed E-state index contributed by atoms with van der Waals surface area (Å²) in [5, 5.41) is 5.03. The van der Waals surface area contributed by atoms with Gasteiger partial charge in [-0.3, -0.25) is 0 Å². The number of para-hydroxylation sites is 2. The quantitative estimate of drug-likeness (QED) is 0.133. The molecule has 0 aliphatic carbocycles. The molecular weight excluding hydrogens is 869 g/mol. The van der Waals surface area contributed by atoms with E-state index in [1.54, 1.807) is 0 Å². The first-order valence-corrected chi connectivity index (χ1v) is 24.7. The molecule has 0 bridgehead atoms. The molecule has 1 aromatic heterocycles. The first kappa shape index (κ1) is 42.6. The summed E-state index contributed by atoms with van der Waals surface area (Å²) < 4.78 is 2.38. The third kappa shape index (κ3) is 8.11. The Kier molecular flexibility index (Phi) is 10.9. The van der Waals surface area contributed by atoms with E-state index >= 15 is 0 Å². The number of hydrogen-bond acceptors (Lipinski definition) is 1.